The molecule has 1 aromatic rings. The lowest BCUT2D eigenvalue weighted by Crippen LogP contribution is -2.11. The number of rotatable bonds is 8. The molecule has 1 aromatic carbocycles. The average Bonchev–Trinajstić information content (AvgIpc) is 2.89. The lowest BCUT2D eigenvalue weighted by Gasteiger charge is -2.13. The van der Waals surface area contributed by atoms with Gasteiger partial charge in [-0.2, -0.15) is 0 Å². The van der Waals surface area contributed by atoms with Crippen molar-refractivity contribution >= 4 is 5.69 Å². The fourth-order valence-electron chi connectivity index (χ4n) is 2.32. The molecule has 1 aliphatic heterocycles. The van der Waals surface area contributed by atoms with Gasteiger partial charge in [0.25, 0.3) is 0 Å². The van der Waals surface area contributed by atoms with E-state index in [-0.39, 0.29) is 0 Å². The van der Waals surface area contributed by atoms with Gasteiger partial charge in [-0.05, 0) is 24.5 Å². The fourth-order valence-corrected chi connectivity index (χ4v) is 2.32. The molecule has 0 saturated heterocycles. The maximum atomic E-state index is 5.38. The van der Waals surface area contributed by atoms with Crippen LogP contribution in [0.4, 0.5) is 5.69 Å². The van der Waals surface area contributed by atoms with Crippen molar-refractivity contribution in [3.8, 4) is 11.5 Å². The molecule has 2 rings (SSSR count). The Morgan fingerprint density at radius 1 is 1.16 bits per heavy atom. The Morgan fingerprint density at radius 2 is 2.00 bits per heavy atom. The second-order valence-corrected chi connectivity index (χ2v) is 5.40. The zero-order valence-electron chi connectivity index (χ0n) is 12.1. The highest BCUT2D eigenvalue weighted by atomic mass is 16.7. The lowest BCUT2D eigenvalue weighted by molar-refractivity contribution is 0.174. The number of hydrogen-bond donors (Lipinski definition) is 1. The predicted molar refractivity (Wildman–Crippen MR) is 79.0 cm³/mol. The van der Waals surface area contributed by atoms with Gasteiger partial charge in [-0.3, -0.25) is 0 Å². The average molecular weight is 263 g/mol. The third-order valence-corrected chi connectivity index (χ3v) is 3.58. The third kappa shape index (κ3) is 4.34. The van der Waals surface area contributed by atoms with Gasteiger partial charge in [-0.25, -0.2) is 0 Å². The summed E-state index contributed by atoms with van der Waals surface area (Å²) in [6.45, 7) is 5.93. The van der Waals surface area contributed by atoms with Crippen molar-refractivity contribution in [3.05, 3.63) is 18.2 Å². The van der Waals surface area contributed by atoms with Gasteiger partial charge in [0, 0.05) is 18.3 Å². The Morgan fingerprint density at radius 3 is 2.84 bits per heavy atom. The smallest absolute Gasteiger partial charge is 0.231 e. The van der Waals surface area contributed by atoms with Gasteiger partial charge < -0.3 is 14.8 Å². The van der Waals surface area contributed by atoms with Gasteiger partial charge in [0.05, 0.1) is 0 Å². The summed E-state index contributed by atoms with van der Waals surface area (Å²) >= 11 is 0. The van der Waals surface area contributed by atoms with Crippen LogP contribution in [0, 0.1) is 5.92 Å². The van der Waals surface area contributed by atoms with E-state index in [4.69, 9.17) is 9.47 Å². The molecule has 1 aliphatic rings. The molecule has 0 saturated carbocycles. The quantitative estimate of drug-likeness (QED) is 0.704. The van der Waals surface area contributed by atoms with Crippen molar-refractivity contribution in [2.45, 2.75) is 46.0 Å². The first-order chi connectivity index (χ1) is 9.29. The van der Waals surface area contributed by atoms with Crippen LogP contribution in [0.5, 0.6) is 11.5 Å². The van der Waals surface area contributed by atoms with Crippen LogP contribution < -0.4 is 14.8 Å². The van der Waals surface area contributed by atoms with Crippen LogP contribution in [-0.2, 0) is 0 Å². The minimum Gasteiger partial charge on any atom is -0.454 e. The molecule has 1 atom stereocenters. The Bertz CT molecular complexity index is 392. The van der Waals surface area contributed by atoms with Gasteiger partial charge in [-0.1, -0.05) is 39.5 Å². The molecule has 0 spiro atoms. The molecule has 0 aromatic heterocycles. The first kappa shape index (κ1) is 14.0. The standard InChI is InChI=1S/C16H25NO2/c1-3-4-5-6-7-13(2)11-17-14-8-9-15-16(10-14)19-12-18-15/h8-10,13,17H,3-7,11-12H2,1-2H3. The first-order valence-corrected chi connectivity index (χ1v) is 7.43. The topological polar surface area (TPSA) is 30.5 Å². The van der Waals surface area contributed by atoms with E-state index >= 15 is 0 Å². The van der Waals surface area contributed by atoms with Crippen LogP contribution in [-0.4, -0.2) is 13.3 Å². The summed E-state index contributed by atoms with van der Waals surface area (Å²) in [4.78, 5) is 0. The van der Waals surface area contributed by atoms with Crippen molar-refractivity contribution < 1.29 is 9.47 Å². The van der Waals surface area contributed by atoms with Crippen molar-refractivity contribution in [1.82, 2.24) is 0 Å². The second kappa shape index (κ2) is 7.27. The van der Waals surface area contributed by atoms with E-state index in [1.807, 2.05) is 12.1 Å². The van der Waals surface area contributed by atoms with Crippen LogP contribution in [0.2, 0.25) is 0 Å². The maximum Gasteiger partial charge on any atom is 0.231 e. The number of anilines is 1. The van der Waals surface area contributed by atoms with E-state index < -0.39 is 0 Å². The van der Waals surface area contributed by atoms with Gasteiger partial charge in [0.15, 0.2) is 11.5 Å². The number of ether oxygens (including phenoxy) is 2. The summed E-state index contributed by atoms with van der Waals surface area (Å²) in [6.07, 6.45) is 6.69. The van der Waals surface area contributed by atoms with Crippen LogP contribution in [0.3, 0.4) is 0 Å². The van der Waals surface area contributed by atoms with Gasteiger partial charge >= 0.3 is 0 Å². The molecule has 106 valence electrons. The zero-order valence-corrected chi connectivity index (χ0v) is 12.1. The van der Waals surface area contributed by atoms with Crippen LogP contribution in [0.25, 0.3) is 0 Å². The third-order valence-electron chi connectivity index (χ3n) is 3.58. The van der Waals surface area contributed by atoms with Crippen molar-refractivity contribution in [3.63, 3.8) is 0 Å². The molecule has 0 aliphatic carbocycles. The Hall–Kier alpha value is -1.38. The van der Waals surface area contributed by atoms with Gasteiger partial charge in [0.1, 0.15) is 0 Å². The highest BCUT2D eigenvalue weighted by Crippen LogP contribution is 2.34. The second-order valence-electron chi connectivity index (χ2n) is 5.40. The first-order valence-electron chi connectivity index (χ1n) is 7.43. The molecule has 1 heterocycles. The van der Waals surface area contributed by atoms with Crippen LogP contribution >= 0.6 is 0 Å². The highest BCUT2D eigenvalue weighted by molar-refractivity contribution is 5.55. The van der Waals surface area contributed by atoms with E-state index in [1.165, 1.54) is 32.1 Å². The molecule has 0 fully saturated rings. The van der Waals surface area contributed by atoms with Crippen molar-refractivity contribution in [2.24, 2.45) is 5.92 Å². The Kier molecular flexibility index (Phi) is 5.37. The van der Waals surface area contributed by atoms with Crippen molar-refractivity contribution in [2.75, 3.05) is 18.7 Å². The van der Waals surface area contributed by atoms with E-state index in [9.17, 15) is 0 Å². The summed E-state index contributed by atoms with van der Waals surface area (Å²) in [5, 5.41) is 3.48. The number of hydrogen-bond acceptors (Lipinski definition) is 3. The van der Waals surface area contributed by atoms with Gasteiger partial charge in [0.2, 0.25) is 6.79 Å². The summed E-state index contributed by atoms with van der Waals surface area (Å²) in [5.41, 5.74) is 1.12. The number of benzene rings is 1. The fraction of sp³-hybridized carbons (Fsp3) is 0.625. The van der Waals surface area contributed by atoms with Crippen LogP contribution in [0.1, 0.15) is 46.0 Å². The summed E-state index contributed by atoms with van der Waals surface area (Å²) < 4.78 is 10.7. The normalized spacial score (nSPS) is 14.4. The van der Waals surface area contributed by atoms with E-state index in [2.05, 4.69) is 25.2 Å². The molecule has 0 bridgehead atoms. The van der Waals surface area contributed by atoms with Crippen molar-refractivity contribution in [1.29, 1.82) is 0 Å². The summed E-state index contributed by atoms with van der Waals surface area (Å²) in [7, 11) is 0. The number of nitrogens with one attached hydrogen (secondary N) is 1. The SMILES string of the molecule is CCCCCCC(C)CNc1ccc2c(c1)OCO2. The minimum absolute atomic E-state index is 0.340. The molecular formula is C16H25NO2. The summed E-state index contributed by atoms with van der Waals surface area (Å²) in [6, 6.07) is 6.04. The predicted octanol–water partition coefficient (Wildman–Crippen LogP) is 4.43. The molecule has 3 heteroatoms. The molecular weight excluding hydrogens is 238 g/mol. The largest absolute Gasteiger partial charge is 0.454 e. The Balaban J connectivity index is 1.70. The van der Waals surface area contributed by atoms with Gasteiger partial charge in [-0.15, -0.1) is 0 Å². The lowest BCUT2D eigenvalue weighted by atomic mass is 10.0. The molecule has 1 N–H and O–H groups in total. The monoisotopic (exact) mass is 263 g/mol. The van der Waals surface area contributed by atoms with Crippen LogP contribution in [0.15, 0.2) is 18.2 Å². The van der Waals surface area contributed by atoms with E-state index in [0.29, 0.717) is 12.7 Å². The minimum atomic E-state index is 0.340. The zero-order chi connectivity index (χ0) is 13.5. The highest BCUT2D eigenvalue weighted by Gasteiger charge is 2.13. The molecule has 0 amide bonds. The number of unbranched alkanes of at least 4 members (excludes halogenated alkanes) is 3. The summed E-state index contributed by atoms with van der Waals surface area (Å²) in [5.74, 6) is 2.40. The molecule has 19 heavy (non-hydrogen) atoms. The maximum absolute atomic E-state index is 5.38. The molecule has 1 unspecified atom stereocenters. The molecule has 3 nitrogen and oxygen atoms in total. The molecule has 0 radical (unpaired) electrons. The van der Waals surface area contributed by atoms with E-state index in [1.54, 1.807) is 0 Å². The number of fused-ring (bicyclic) bond motifs is 1. The Labute approximate surface area is 116 Å². The van der Waals surface area contributed by atoms with E-state index in [0.717, 1.165) is 23.7 Å².